The summed E-state index contributed by atoms with van der Waals surface area (Å²) in [5.74, 6) is 1.53. The van der Waals surface area contributed by atoms with E-state index >= 15 is 0 Å². The van der Waals surface area contributed by atoms with Crippen molar-refractivity contribution in [1.82, 2.24) is 15.4 Å². The topological polar surface area (TPSA) is 49.8 Å². The molecule has 1 N–H and O–H groups in total. The summed E-state index contributed by atoms with van der Waals surface area (Å²) in [5, 5.41) is 1.49. The number of amidine groups is 1. The highest BCUT2D eigenvalue weighted by Gasteiger charge is 2.52. The number of benzene rings is 1. The first-order valence-corrected chi connectivity index (χ1v) is 9.20. The van der Waals surface area contributed by atoms with Crippen LogP contribution in [-0.2, 0) is 4.84 Å². The van der Waals surface area contributed by atoms with Crippen LogP contribution in [0.3, 0.4) is 0 Å². The van der Waals surface area contributed by atoms with E-state index in [1.54, 1.807) is 11.3 Å². The van der Waals surface area contributed by atoms with Gasteiger partial charge in [-0.15, -0.1) is 0 Å². The Bertz CT molecular complexity index is 798. The van der Waals surface area contributed by atoms with E-state index in [0.29, 0.717) is 5.92 Å². The van der Waals surface area contributed by atoms with E-state index in [1.807, 2.05) is 18.2 Å². The highest BCUT2D eigenvalue weighted by atomic mass is 35.5. The molecular formula is C16H17ClN4OS. The van der Waals surface area contributed by atoms with Crippen molar-refractivity contribution in [3.8, 4) is 0 Å². The molecule has 4 aliphatic heterocycles. The lowest BCUT2D eigenvalue weighted by Crippen LogP contribution is -2.59. The van der Waals surface area contributed by atoms with Gasteiger partial charge in [-0.1, -0.05) is 22.9 Å². The Morgan fingerprint density at radius 1 is 1.39 bits per heavy atom. The lowest BCUT2D eigenvalue weighted by molar-refractivity contribution is -0.150. The second-order valence-corrected chi connectivity index (χ2v) is 8.11. The van der Waals surface area contributed by atoms with E-state index in [1.165, 1.54) is 25.9 Å². The van der Waals surface area contributed by atoms with E-state index in [9.17, 15) is 0 Å². The van der Waals surface area contributed by atoms with Gasteiger partial charge in [0.15, 0.2) is 0 Å². The van der Waals surface area contributed by atoms with Gasteiger partial charge in [0.25, 0.3) is 0 Å². The first kappa shape index (κ1) is 14.2. The van der Waals surface area contributed by atoms with E-state index in [0.717, 1.165) is 39.2 Å². The molecule has 0 aliphatic carbocycles. The molecule has 0 unspecified atom stereocenters. The van der Waals surface area contributed by atoms with Crippen LogP contribution in [0.25, 0.3) is 10.2 Å². The average Bonchev–Trinajstić information content (AvgIpc) is 3.12. The Morgan fingerprint density at radius 2 is 2.26 bits per heavy atom. The molecule has 0 amide bonds. The molecule has 23 heavy (non-hydrogen) atoms. The number of thiazole rings is 1. The molecule has 1 aromatic heterocycles. The zero-order chi connectivity index (χ0) is 15.4. The molecule has 5 heterocycles. The predicted molar refractivity (Wildman–Crippen MR) is 92.5 cm³/mol. The monoisotopic (exact) mass is 348 g/mol. The first-order valence-electron chi connectivity index (χ1n) is 8.00. The largest absolute Gasteiger partial charge is 0.300 e. The SMILES string of the molecule is Clc1ccc2nc(N=C3C[C@@]4(CN5CCC4CC5)ON3)sc2c1. The van der Waals surface area contributed by atoms with Crippen molar-refractivity contribution in [1.29, 1.82) is 0 Å². The number of piperidine rings is 3. The van der Waals surface area contributed by atoms with Crippen molar-refractivity contribution in [3.63, 3.8) is 0 Å². The van der Waals surface area contributed by atoms with Crippen LogP contribution in [-0.4, -0.2) is 41.0 Å². The molecule has 7 heteroatoms. The molecule has 6 rings (SSSR count). The maximum atomic E-state index is 6.04. The van der Waals surface area contributed by atoms with Crippen molar-refractivity contribution in [3.05, 3.63) is 23.2 Å². The van der Waals surface area contributed by atoms with Crippen molar-refractivity contribution in [2.45, 2.75) is 24.9 Å². The number of aliphatic imine (C=N–C) groups is 1. The van der Waals surface area contributed by atoms with Gasteiger partial charge >= 0.3 is 0 Å². The van der Waals surface area contributed by atoms with Gasteiger partial charge in [0.2, 0.25) is 5.13 Å². The number of hydroxylamine groups is 1. The van der Waals surface area contributed by atoms with Gasteiger partial charge in [-0.25, -0.2) is 9.98 Å². The van der Waals surface area contributed by atoms with Gasteiger partial charge < -0.3 is 4.90 Å². The van der Waals surface area contributed by atoms with Gasteiger partial charge in [-0.05, 0) is 50.0 Å². The van der Waals surface area contributed by atoms with Gasteiger partial charge in [-0.2, -0.15) is 0 Å². The highest BCUT2D eigenvalue weighted by molar-refractivity contribution is 7.22. The smallest absolute Gasteiger partial charge is 0.211 e. The minimum atomic E-state index is -0.0880. The minimum Gasteiger partial charge on any atom is -0.300 e. The fourth-order valence-corrected chi connectivity index (χ4v) is 5.21. The van der Waals surface area contributed by atoms with Crippen LogP contribution >= 0.6 is 22.9 Å². The summed E-state index contributed by atoms with van der Waals surface area (Å²) in [6.07, 6.45) is 3.31. The Labute approximate surface area is 143 Å². The molecule has 0 saturated carbocycles. The van der Waals surface area contributed by atoms with Crippen LogP contribution in [0.2, 0.25) is 5.02 Å². The Balaban J connectivity index is 1.42. The molecule has 2 aromatic rings. The van der Waals surface area contributed by atoms with Crippen LogP contribution in [0.5, 0.6) is 0 Å². The summed E-state index contributed by atoms with van der Waals surface area (Å²) in [6, 6.07) is 5.73. The van der Waals surface area contributed by atoms with Crippen molar-refractivity contribution in [2.24, 2.45) is 10.9 Å². The number of rotatable bonds is 1. The van der Waals surface area contributed by atoms with Gasteiger partial charge in [0.1, 0.15) is 11.4 Å². The van der Waals surface area contributed by atoms with Crippen molar-refractivity contribution >= 4 is 44.1 Å². The average molecular weight is 349 g/mol. The summed E-state index contributed by atoms with van der Waals surface area (Å²) in [5.41, 5.74) is 3.92. The van der Waals surface area contributed by atoms with Crippen LogP contribution in [0, 0.1) is 5.92 Å². The minimum absolute atomic E-state index is 0.0880. The number of hydrogen-bond acceptors (Lipinski definition) is 5. The van der Waals surface area contributed by atoms with Crippen LogP contribution < -0.4 is 5.48 Å². The first-order chi connectivity index (χ1) is 11.2. The Kier molecular flexibility index (Phi) is 3.17. The van der Waals surface area contributed by atoms with Crippen molar-refractivity contribution in [2.75, 3.05) is 19.6 Å². The van der Waals surface area contributed by atoms with Gasteiger partial charge in [0.05, 0.1) is 10.2 Å². The number of nitrogens with one attached hydrogen (secondary N) is 1. The Morgan fingerprint density at radius 3 is 3.04 bits per heavy atom. The molecule has 1 atom stereocenters. The summed E-state index contributed by atoms with van der Waals surface area (Å²) in [6.45, 7) is 3.43. The van der Waals surface area contributed by atoms with Crippen LogP contribution in [0.15, 0.2) is 23.2 Å². The maximum absolute atomic E-state index is 6.04. The molecule has 120 valence electrons. The number of hydrogen-bond donors (Lipinski definition) is 1. The number of fused-ring (bicyclic) bond motifs is 3. The highest BCUT2D eigenvalue weighted by Crippen LogP contribution is 2.42. The third-order valence-electron chi connectivity index (χ3n) is 5.23. The van der Waals surface area contributed by atoms with E-state index in [2.05, 4.69) is 20.4 Å². The second-order valence-electron chi connectivity index (χ2n) is 6.66. The van der Waals surface area contributed by atoms with Crippen LogP contribution in [0.4, 0.5) is 5.13 Å². The molecule has 5 nitrogen and oxygen atoms in total. The fourth-order valence-electron chi connectivity index (χ4n) is 4.07. The van der Waals surface area contributed by atoms with E-state index in [4.69, 9.17) is 16.4 Å². The van der Waals surface area contributed by atoms with Crippen LogP contribution in [0.1, 0.15) is 19.3 Å². The number of aromatic nitrogens is 1. The quantitative estimate of drug-likeness (QED) is 0.858. The molecular weight excluding hydrogens is 332 g/mol. The second kappa shape index (κ2) is 5.14. The predicted octanol–water partition coefficient (Wildman–Crippen LogP) is 3.37. The standard InChI is InChI=1S/C16H17ClN4OS/c17-11-1-2-12-13(7-11)23-15(18-12)19-14-8-16(22-20-14)9-21-5-3-10(16)4-6-21/h1-2,7,10H,3-6,8-9H2,(H,18,19,20)/t16-/m0/s1. The lowest BCUT2D eigenvalue weighted by atomic mass is 9.74. The summed E-state index contributed by atoms with van der Waals surface area (Å²) >= 11 is 7.60. The number of halogens is 1. The number of nitrogens with zero attached hydrogens (tertiary/aromatic N) is 3. The lowest BCUT2D eigenvalue weighted by Gasteiger charge is -2.49. The normalized spacial score (nSPS) is 34.6. The third kappa shape index (κ3) is 2.36. The zero-order valence-corrected chi connectivity index (χ0v) is 14.2. The zero-order valence-electron chi connectivity index (χ0n) is 12.6. The Hall–Kier alpha value is -1.21. The molecule has 2 bridgehead atoms. The van der Waals surface area contributed by atoms with E-state index < -0.39 is 0 Å². The summed E-state index contributed by atoms with van der Waals surface area (Å²) in [4.78, 5) is 17.8. The molecule has 1 aromatic carbocycles. The van der Waals surface area contributed by atoms with Gasteiger partial charge in [0, 0.05) is 18.0 Å². The fraction of sp³-hybridized carbons (Fsp3) is 0.500. The molecule has 4 aliphatic rings. The van der Waals surface area contributed by atoms with Gasteiger partial charge in [-0.3, -0.25) is 10.3 Å². The van der Waals surface area contributed by atoms with Crippen molar-refractivity contribution < 1.29 is 4.84 Å². The summed E-state index contributed by atoms with van der Waals surface area (Å²) in [7, 11) is 0. The maximum Gasteiger partial charge on any atom is 0.211 e. The molecule has 1 spiro atoms. The van der Waals surface area contributed by atoms with E-state index in [-0.39, 0.29) is 5.60 Å². The molecule has 0 radical (unpaired) electrons. The molecule has 4 fully saturated rings. The molecule has 4 saturated heterocycles. The third-order valence-corrected chi connectivity index (χ3v) is 6.38. The summed E-state index contributed by atoms with van der Waals surface area (Å²) < 4.78 is 1.06.